The molecule has 0 N–H and O–H groups in total. The quantitative estimate of drug-likeness (QED) is 0.450. The predicted octanol–water partition coefficient (Wildman–Crippen LogP) is 1.91. The van der Waals surface area contributed by atoms with Gasteiger partial charge in [-0.1, -0.05) is 0 Å². The predicted molar refractivity (Wildman–Crippen MR) is 57.5 cm³/mol. The van der Waals surface area contributed by atoms with Gasteiger partial charge < -0.3 is 4.55 Å². The summed E-state index contributed by atoms with van der Waals surface area (Å²) in [4.78, 5) is 0. The summed E-state index contributed by atoms with van der Waals surface area (Å²) in [6.45, 7) is 6.47. The molecule has 18 heavy (non-hydrogen) atoms. The van der Waals surface area contributed by atoms with Crippen LogP contribution >= 0.6 is 0 Å². The van der Waals surface area contributed by atoms with Crippen molar-refractivity contribution in [2.24, 2.45) is 0 Å². The van der Waals surface area contributed by atoms with Crippen LogP contribution in [-0.2, 0) is 10.1 Å². The average molecular weight is 285 g/mol. The van der Waals surface area contributed by atoms with Gasteiger partial charge in [-0.05, 0) is 26.8 Å². The average Bonchev–Trinajstić information content (AvgIpc) is 2.15. The van der Waals surface area contributed by atoms with Crippen molar-refractivity contribution in [3.63, 3.8) is 0 Å². The summed E-state index contributed by atoms with van der Waals surface area (Å²) < 4.78 is 61.1. The van der Waals surface area contributed by atoms with Crippen LogP contribution in [-0.4, -0.2) is 18.5 Å². The molecular formula is C10H14F3NO3S. The van der Waals surface area contributed by atoms with Gasteiger partial charge in [0.05, 0.1) is 0 Å². The first-order chi connectivity index (χ1) is 7.95. The molecule has 0 aliphatic heterocycles. The van der Waals surface area contributed by atoms with E-state index in [1.54, 1.807) is 0 Å². The molecule has 0 saturated heterocycles. The third kappa shape index (κ3) is 5.97. The van der Waals surface area contributed by atoms with Crippen LogP contribution in [0.25, 0.3) is 0 Å². The SMILES string of the molecule is Cc1ccc[n+](C(C)C)c1.O=S(=O)([O-])C(F)(F)F. The van der Waals surface area contributed by atoms with Crippen molar-refractivity contribution < 1.29 is 30.7 Å². The Hall–Kier alpha value is -1.15. The zero-order valence-corrected chi connectivity index (χ0v) is 10.9. The molecule has 4 nitrogen and oxygen atoms in total. The maximum absolute atomic E-state index is 10.7. The number of hydrogen-bond acceptors (Lipinski definition) is 3. The highest BCUT2D eigenvalue weighted by molar-refractivity contribution is 7.86. The minimum Gasteiger partial charge on any atom is -0.741 e. The molecule has 1 rings (SSSR count). The van der Waals surface area contributed by atoms with E-state index < -0.39 is 15.6 Å². The van der Waals surface area contributed by atoms with Crippen LogP contribution in [0.2, 0.25) is 0 Å². The number of alkyl halides is 3. The lowest BCUT2D eigenvalue weighted by molar-refractivity contribution is -0.716. The van der Waals surface area contributed by atoms with Gasteiger partial charge in [0, 0.05) is 11.6 Å². The lowest BCUT2D eigenvalue weighted by atomic mass is 10.3. The third-order valence-corrected chi connectivity index (χ3v) is 2.42. The maximum Gasteiger partial charge on any atom is 0.485 e. The van der Waals surface area contributed by atoms with Crippen LogP contribution in [0.1, 0.15) is 25.5 Å². The van der Waals surface area contributed by atoms with Crippen LogP contribution in [0.3, 0.4) is 0 Å². The molecule has 0 aliphatic carbocycles. The largest absolute Gasteiger partial charge is 0.741 e. The van der Waals surface area contributed by atoms with Crippen molar-refractivity contribution >= 4 is 10.1 Å². The Balaban J connectivity index is 0.000000331. The van der Waals surface area contributed by atoms with E-state index in [0.717, 1.165) is 0 Å². The second-order valence-electron chi connectivity index (χ2n) is 3.82. The summed E-state index contributed by atoms with van der Waals surface area (Å²) in [5.41, 5.74) is -4.33. The van der Waals surface area contributed by atoms with Crippen LogP contribution < -0.4 is 4.57 Å². The number of aromatic nitrogens is 1. The minimum atomic E-state index is -6.09. The Labute approximate surface area is 104 Å². The van der Waals surface area contributed by atoms with Gasteiger partial charge in [-0.15, -0.1) is 0 Å². The molecule has 1 aromatic heterocycles. The molecule has 0 bridgehead atoms. The molecule has 0 saturated carbocycles. The maximum atomic E-state index is 10.7. The van der Waals surface area contributed by atoms with Crippen molar-refractivity contribution in [2.45, 2.75) is 32.3 Å². The summed E-state index contributed by atoms with van der Waals surface area (Å²) in [7, 11) is -6.09. The molecule has 8 heteroatoms. The van der Waals surface area contributed by atoms with Crippen molar-refractivity contribution in [2.75, 3.05) is 0 Å². The molecule has 0 atom stereocenters. The highest BCUT2D eigenvalue weighted by Crippen LogP contribution is 2.20. The lowest BCUT2D eigenvalue weighted by Gasteiger charge is -2.08. The van der Waals surface area contributed by atoms with Crippen molar-refractivity contribution in [3.05, 3.63) is 30.1 Å². The highest BCUT2D eigenvalue weighted by atomic mass is 32.2. The Bertz CT molecular complexity index is 483. The normalized spacial score (nSPS) is 12.0. The van der Waals surface area contributed by atoms with Crippen LogP contribution in [0.15, 0.2) is 24.5 Å². The summed E-state index contributed by atoms with van der Waals surface area (Å²) in [6, 6.07) is 4.76. The summed E-state index contributed by atoms with van der Waals surface area (Å²) >= 11 is 0. The molecule has 1 aromatic rings. The fourth-order valence-electron chi connectivity index (χ4n) is 0.937. The molecule has 0 radical (unpaired) electrons. The van der Waals surface area contributed by atoms with Gasteiger partial charge >= 0.3 is 5.51 Å². The van der Waals surface area contributed by atoms with Gasteiger partial charge in [-0.2, -0.15) is 13.2 Å². The third-order valence-electron chi connectivity index (χ3n) is 1.85. The smallest absolute Gasteiger partial charge is 0.485 e. The summed E-state index contributed by atoms with van der Waals surface area (Å²) in [5, 5.41) is 0. The van der Waals surface area contributed by atoms with Gasteiger partial charge in [-0.3, -0.25) is 0 Å². The standard InChI is InChI=1S/C9H14N.CHF3O3S/c1-8(2)10-6-4-5-9(3)7-10;2-1(3,4)8(5,6)7/h4-8H,1-3H3;(H,5,6,7)/q+1;/p-1. The second-order valence-corrected chi connectivity index (χ2v) is 5.19. The highest BCUT2D eigenvalue weighted by Gasteiger charge is 2.36. The van der Waals surface area contributed by atoms with Gasteiger partial charge in [0.15, 0.2) is 28.6 Å². The van der Waals surface area contributed by atoms with E-state index in [4.69, 9.17) is 13.0 Å². The van der Waals surface area contributed by atoms with Crippen LogP contribution in [0.5, 0.6) is 0 Å². The number of rotatable bonds is 1. The number of pyridine rings is 1. The molecule has 0 spiro atoms. The molecule has 0 aliphatic rings. The number of hydrogen-bond donors (Lipinski definition) is 0. The molecule has 104 valence electrons. The van der Waals surface area contributed by atoms with Crippen molar-refractivity contribution in [1.29, 1.82) is 0 Å². The number of halogens is 3. The molecule has 1 heterocycles. The Morgan fingerprint density at radius 2 is 1.78 bits per heavy atom. The first-order valence-electron chi connectivity index (χ1n) is 4.94. The van der Waals surface area contributed by atoms with E-state index in [9.17, 15) is 13.2 Å². The Morgan fingerprint density at radius 1 is 1.33 bits per heavy atom. The van der Waals surface area contributed by atoms with E-state index in [1.165, 1.54) is 5.56 Å². The zero-order chi connectivity index (χ0) is 14.6. The van der Waals surface area contributed by atoms with Gasteiger partial charge in [0.1, 0.15) is 0 Å². The lowest BCUT2D eigenvalue weighted by Crippen LogP contribution is -2.35. The summed E-state index contributed by atoms with van der Waals surface area (Å²) in [5.74, 6) is 0. The monoisotopic (exact) mass is 285 g/mol. The molecule has 0 amide bonds. The van der Waals surface area contributed by atoms with E-state index in [2.05, 4.69) is 49.9 Å². The Kier molecular flexibility index (Phi) is 5.75. The van der Waals surface area contributed by atoms with E-state index in [0.29, 0.717) is 6.04 Å². The first-order valence-corrected chi connectivity index (χ1v) is 6.35. The minimum absolute atomic E-state index is 0.569. The topological polar surface area (TPSA) is 61.1 Å². The fraction of sp³-hybridized carbons (Fsp3) is 0.500. The Morgan fingerprint density at radius 3 is 2.00 bits per heavy atom. The second kappa shape index (κ2) is 6.14. The number of nitrogens with zero attached hydrogens (tertiary/aromatic N) is 1. The molecular weight excluding hydrogens is 271 g/mol. The van der Waals surface area contributed by atoms with E-state index in [1.807, 2.05) is 0 Å². The molecule has 0 unspecified atom stereocenters. The molecule has 0 aromatic carbocycles. The fourth-order valence-corrected chi connectivity index (χ4v) is 0.937. The van der Waals surface area contributed by atoms with Crippen LogP contribution in [0, 0.1) is 6.92 Å². The van der Waals surface area contributed by atoms with E-state index in [-0.39, 0.29) is 0 Å². The van der Waals surface area contributed by atoms with Gasteiger partial charge in [-0.25, -0.2) is 13.0 Å². The van der Waals surface area contributed by atoms with Crippen molar-refractivity contribution in [3.8, 4) is 0 Å². The number of aryl methyl sites for hydroxylation is 1. The molecule has 0 fully saturated rings. The zero-order valence-electron chi connectivity index (χ0n) is 10.1. The van der Waals surface area contributed by atoms with Gasteiger partial charge in [0.25, 0.3) is 0 Å². The van der Waals surface area contributed by atoms with Crippen molar-refractivity contribution in [1.82, 2.24) is 0 Å². The van der Waals surface area contributed by atoms with E-state index >= 15 is 0 Å². The van der Waals surface area contributed by atoms with Gasteiger partial charge in [0.2, 0.25) is 0 Å². The first kappa shape index (κ1) is 16.9. The van der Waals surface area contributed by atoms with Crippen LogP contribution in [0.4, 0.5) is 13.2 Å². The summed E-state index contributed by atoms with van der Waals surface area (Å²) in [6.07, 6.45) is 4.25.